The second-order valence-corrected chi connectivity index (χ2v) is 14.4. The summed E-state index contributed by atoms with van der Waals surface area (Å²) < 4.78 is 0. The fourth-order valence-corrected chi connectivity index (χ4v) is 9.24. The van der Waals surface area contributed by atoms with Gasteiger partial charge in [-0.1, -0.05) is 0 Å². The molecule has 3 heteroatoms. The van der Waals surface area contributed by atoms with Crippen molar-refractivity contribution in [2.45, 2.75) is 143 Å². The number of nitrogens with one attached hydrogen (secondary N) is 1. The molecule has 0 aliphatic heterocycles. The Morgan fingerprint density at radius 2 is 0.871 bits per heavy atom. The fraction of sp³-hybridized carbons (Fsp3) is 0.893. The van der Waals surface area contributed by atoms with Crippen molar-refractivity contribution in [2.24, 2.45) is 0 Å². The quantitative estimate of drug-likeness (QED) is 0.0927. The van der Waals surface area contributed by atoms with Crippen LogP contribution in [0.3, 0.4) is 0 Å². The van der Waals surface area contributed by atoms with E-state index < -0.39 is 7.41 Å². The van der Waals surface area contributed by atoms with Crippen LogP contribution in [0.2, 0.25) is 0 Å². The van der Waals surface area contributed by atoms with Gasteiger partial charge in [0.05, 0.1) is 0 Å². The van der Waals surface area contributed by atoms with Gasteiger partial charge in [-0.05, 0) is 0 Å². The minimum absolute atomic E-state index is 0.134. The van der Waals surface area contributed by atoms with Crippen molar-refractivity contribution in [3.8, 4) is 0 Å². The monoisotopic (exact) mass is 455 g/mol. The Labute approximate surface area is 197 Å². The van der Waals surface area contributed by atoms with Gasteiger partial charge < -0.3 is 0 Å². The van der Waals surface area contributed by atoms with E-state index in [1.165, 1.54) is 134 Å². The molecule has 0 aromatic heterocycles. The van der Waals surface area contributed by atoms with Gasteiger partial charge in [-0.2, -0.15) is 0 Å². The molecule has 0 aromatic carbocycles. The Morgan fingerprint density at radius 3 is 1.16 bits per heavy atom. The molecule has 0 saturated carbocycles. The number of carbonyl (C=O) groups is 1. The molecule has 1 amide bonds. The number of unbranched alkanes of at least 4 members (excludes halogenated alkanes) is 15. The van der Waals surface area contributed by atoms with Crippen LogP contribution in [0.5, 0.6) is 0 Å². The summed E-state index contributed by atoms with van der Waals surface area (Å²) in [5, 5.41) is 3.64. The molecule has 0 fully saturated rings. The minimum atomic E-state index is -1.79. The first-order valence-electron chi connectivity index (χ1n) is 14.0. The van der Waals surface area contributed by atoms with Crippen molar-refractivity contribution in [3.05, 3.63) is 12.2 Å². The maximum atomic E-state index is 12.7. The summed E-state index contributed by atoms with van der Waals surface area (Å²) in [6, 6.07) is 0. The summed E-state index contributed by atoms with van der Waals surface area (Å²) in [7, 11) is -1.79. The van der Waals surface area contributed by atoms with E-state index in [1.807, 2.05) is 6.92 Å². The third-order valence-electron chi connectivity index (χ3n) is 6.79. The molecule has 0 radical (unpaired) electrons. The topological polar surface area (TPSA) is 29.1 Å². The maximum absolute atomic E-state index is 12.7. The Morgan fingerprint density at radius 1 is 0.581 bits per heavy atom. The standard InChI is InChI=1S/C28H58NOP/c1-6-9-12-15-18-21-24-31(29-28(30)27(4)5,25-22-19-16-13-10-7-2)26-23-20-17-14-11-8-3/h31H,4,6-26H2,1-3,5H3,(H,29,30). The SMILES string of the molecule is C=C(C)C(=O)N[PH](CCCCCCCC)(CCCCCCCC)CCCCCCCC. The van der Waals surface area contributed by atoms with E-state index in [0.29, 0.717) is 5.57 Å². The predicted octanol–water partition coefficient (Wildman–Crippen LogP) is 9.43. The van der Waals surface area contributed by atoms with Gasteiger partial charge in [-0.3, -0.25) is 0 Å². The predicted molar refractivity (Wildman–Crippen MR) is 146 cm³/mol. The molecule has 0 aromatic rings. The van der Waals surface area contributed by atoms with Crippen LogP contribution in [0.4, 0.5) is 0 Å². The zero-order valence-corrected chi connectivity index (χ0v) is 23.0. The Balaban J connectivity index is 4.88. The first-order chi connectivity index (χ1) is 15.0. The number of hydrogen-bond donors (Lipinski definition) is 1. The molecule has 186 valence electrons. The summed E-state index contributed by atoms with van der Waals surface area (Å²) in [5.74, 6) is 0.134. The molecule has 0 atom stereocenters. The van der Waals surface area contributed by atoms with E-state index >= 15 is 0 Å². The Hall–Kier alpha value is -0.360. The molecule has 0 bridgehead atoms. The molecule has 0 aliphatic rings. The number of carbonyl (C=O) groups excluding carboxylic acids is 1. The van der Waals surface area contributed by atoms with Crippen LogP contribution in [0.15, 0.2) is 12.2 Å². The van der Waals surface area contributed by atoms with E-state index in [1.54, 1.807) is 0 Å². The molecule has 0 saturated heterocycles. The zero-order chi connectivity index (χ0) is 23.2. The molecule has 0 unspecified atom stereocenters. The van der Waals surface area contributed by atoms with Crippen molar-refractivity contribution >= 4 is 13.3 Å². The van der Waals surface area contributed by atoms with Crippen LogP contribution in [0.25, 0.3) is 0 Å². The van der Waals surface area contributed by atoms with Gasteiger partial charge in [-0.15, -0.1) is 0 Å². The molecular formula is C28H58NOP. The summed E-state index contributed by atoms with van der Waals surface area (Å²) in [5.41, 5.74) is 0.686. The molecule has 0 heterocycles. The summed E-state index contributed by atoms with van der Waals surface area (Å²) in [6.07, 6.45) is 28.0. The number of rotatable bonds is 23. The van der Waals surface area contributed by atoms with E-state index in [0.717, 1.165) is 0 Å². The van der Waals surface area contributed by atoms with Crippen LogP contribution < -0.4 is 5.09 Å². The van der Waals surface area contributed by atoms with Crippen molar-refractivity contribution in [1.82, 2.24) is 5.09 Å². The number of hydrogen-bond acceptors (Lipinski definition) is 1. The van der Waals surface area contributed by atoms with Gasteiger partial charge >= 0.3 is 197 Å². The summed E-state index contributed by atoms with van der Waals surface area (Å²) in [4.78, 5) is 12.7. The van der Waals surface area contributed by atoms with Crippen molar-refractivity contribution in [2.75, 3.05) is 18.5 Å². The fourth-order valence-electron chi connectivity index (χ4n) is 4.64. The van der Waals surface area contributed by atoms with Crippen LogP contribution in [0, 0.1) is 0 Å². The molecule has 1 N–H and O–H groups in total. The third-order valence-corrected chi connectivity index (χ3v) is 11.5. The van der Waals surface area contributed by atoms with E-state index in [-0.39, 0.29) is 5.91 Å². The van der Waals surface area contributed by atoms with Crippen LogP contribution >= 0.6 is 7.41 Å². The van der Waals surface area contributed by atoms with Gasteiger partial charge in [0.1, 0.15) is 0 Å². The van der Waals surface area contributed by atoms with Gasteiger partial charge in [-0.25, -0.2) is 0 Å². The molecule has 31 heavy (non-hydrogen) atoms. The molecular weight excluding hydrogens is 397 g/mol. The zero-order valence-electron chi connectivity index (χ0n) is 22.0. The van der Waals surface area contributed by atoms with E-state index in [9.17, 15) is 4.79 Å². The van der Waals surface area contributed by atoms with Crippen molar-refractivity contribution in [1.29, 1.82) is 0 Å². The third kappa shape index (κ3) is 17.8. The molecule has 2 nitrogen and oxygen atoms in total. The molecule has 0 aliphatic carbocycles. The van der Waals surface area contributed by atoms with Gasteiger partial charge in [0, 0.05) is 0 Å². The molecule has 0 rings (SSSR count). The molecule has 0 spiro atoms. The first-order valence-corrected chi connectivity index (χ1v) is 16.6. The van der Waals surface area contributed by atoms with Gasteiger partial charge in [0.15, 0.2) is 0 Å². The Kier molecular flexibility index (Phi) is 21.2. The van der Waals surface area contributed by atoms with Crippen LogP contribution in [0.1, 0.15) is 143 Å². The van der Waals surface area contributed by atoms with Gasteiger partial charge in [0.25, 0.3) is 0 Å². The van der Waals surface area contributed by atoms with Crippen molar-refractivity contribution in [3.63, 3.8) is 0 Å². The van der Waals surface area contributed by atoms with E-state index in [2.05, 4.69) is 32.4 Å². The van der Waals surface area contributed by atoms with Crippen molar-refractivity contribution < 1.29 is 4.79 Å². The Bertz CT molecular complexity index is 394. The summed E-state index contributed by atoms with van der Waals surface area (Å²) in [6.45, 7) is 12.7. The summed E-state index contributed by atoms with van der Waals surface area (Å²) >= 11 is 0. The van der Waals surface area contributed by atoms with Crippen LogP contribution in [-0.4, -0.2) is 24.4 Å². The second-order valence-electron chi connectivity index (χ2n) is 10.1. The second kappa shape index (κ2) is 21.5. The van der Waals surface area contributed by atoms with Gasteiger partial charge in [0.2, 0.25) is 0 Å². The first kappa shape index (κ1) is 30.6. The van der Waals surface area contributed by atoms with Crippen LogP contribution in [-0.2, 0) is 4.79 Å². The normalized spacial score (nSPS) is 12.1. The van der Waals surface area contributed by atoms with E-state index in [4.69, 9.17) is 0 Å². The average Bonchev–Trinajstić information content (AvgIpc) is 2.75. The average molecular weight is 456 g/mol. The number of amides is 1.